The minimum atomic E-state index is -0.459. The number of nitro groups is 1. The summed E-state index contributed by atoms with van der Waals surface area (Å²) < 4.78 is 10.4. The first-order valence-electron chi connectivity index (χ1n) is 7.97. The summed E-state index contributed by atoms with van der Waals surface area (Å²) >= 11 is 0. The Morgan fingerprint density at radius 2 is 1.96 bits per heavy atom. The van der Waals surface area contributed by atoms with Crippen molar-refractivity contribution >= 4 is 23.9 Å². The highest BCUT2D eigenvalue weighted by Crippen LogP contribution is 2.27. The van der Waals surface area contributed by atoms with Gasteiger partial charge in [-0.05, 0) is 29.3 Å². The number of hydrazone groups is 1. The first-order chi connectivity index (χ1) is 13.0. The van der Waals surface area contributed by atoms with Gasteiger partial charge in [-0.3, -0.25) is 14.9 Å². The number of carbonyl (C=O) groups is 1. The zero-order valence-electron chi connectivity index (χ0n) is 14.9. The Hall–Kier alpha value is -3.68. The second-order valence-corrected chi connectivity index (χ2v) is 5.39. The van der Waals surface area contributed by atoms with Crippen molar-refractivity contribution in [3.05, 3.63) is 69.8 Å². The summed E-state index contributed by atoms with van der Waals surface area (Å²) in [5.41, 5.74) is 3.84. The van der Waals surface area contributed by atoms with Gasteiger partial charge >= 0.3 is 0 Å². The molecule has 0 saturated heterocycles. The van der Waals surface area contributed by atoms with Crippen molar-refractivity contribution in [3.8, 4) is 11.5 Å². The molecule has 0 radical (unpaired) electrons. The van der Waals surface area contributed by atoms with E-state index in [2.05, 4.69) is 10.5 Å². The molecule has 8 heteroatoms. The topological polar surface area (TPSA) is 103 Å². The summed E-state index contributed by atoms with van der Waals surface area (Å²) in [6.07, 6.45) is 4.75. The van der Waals surface area contributed by atoms with Gasteiger partial charge in [0.1, 0.15) is 0 Å². The molecule has 0 aliphatic rings. The van der Waals surface area contributed by atoms with E-state index in [0.29, 0.717) is 17.1 Å². The third-order valence-electron chi connectivity index (χ3n) is 3.53. The summed E-state index contributed by atoms with van der Waals surface area (Å²) in [6, 6.07) is 11.4. The van der Waals surface area contributed by atoms with Crippen LogP contribution in [0.4, 0.5) is 5.69 Å². The molecule has 0 saturated carbocycles. The zero-order valence-corrected chi connectivity index (χ0v) is 14.9. The molecule has 1 N–H and O–H groups in total. The van der Waals surface area contributed by atoms with Crippen LogP contribution >= 0.6 is 0 Å². The molecule has 140 valence electrons. The van der Waals surface area contributed by atoms with E-state index in [1.54, 1.807) is 49.6 Å². The van der Waals surface area contributed by atoms with E-state index in [-0.39, 0.29) is 18.0 Å². The van der Waals surface area contributed by atoms with Crippen LogP contribution in [0.25, 0.3) is 6.08 Å². The molecule has 0 spiro atoms. The number of nitrogens with one attached hydrogen (secondary N) is 1. The lowest BCUT2D eigenvalue weighted by Gasteiger charge is -2.08. The Morgan fingerprint density at radius 3 is 2.67 bits per heavy atom. The fourth-order valence-corrected chi connectivity index (χ4v) is 2.26. The highest BCUT2D eigenvalue weighted by Gasteiger charge is 2.07. The van der Waals surface area contributed by atoms with Crippen molar-refractivity contribution in [2.45, 2.75) is 6.42 Å². The van der Waals surface area contributed by atoms with Gasteiger partial charge in [-0.15, -0.1) is 0 Å². The maximum Gasteiger partial charge on any atom is 0.270 e. The van der Waals surface area contributed by atoms with Crippen LogP contribution in [0.5, 0.6) is 11.5 Å². The van der Waals surface area contributed by atoms with Crippen molar-refractivity contribution in [3.63, 3.8) is 0 Å². The summed E-state index contributed by atoms with van der Waals surface area (Å²) in [4.78, 5) is 22.2. The normalized spacial score (nSPS) is 10.9. The van der Waals surface area contributed by atoms with E-state index < -0.39 is 4.92 Å². The Kier molecular flexibility index (Phi) is 7.07. The third-order valence-corrected chi connectivity index (χ3v) is 3.53. The van der Waals surface area contributed by atoms with Gasteiger partial charge in [-0.25, -0.2) is 5.43 Å². The lowest BCUT2D eigenvalue weighted by Crippen LogP contribution is -2.19. The van der Waals surface area contributed by atoms with E-state index in [1.807, 2.05) is 0 Å². The van der Waals surface area contributed by atoms with Crippen LogP contribution < -0.4 is 14.9 Å². The molecule has 0 fully saturated rings. The summed E-state index contributed by atoms with van der Waals surface area (Å²) in [6.45, 7) is 0. The molecule has 0 aliphatic heterocycles. The van der Waals surface area contributed by atoms with Crippen molar-refractivity contribution in [2.24, 2.45) is 5.10 Å². The van der Waals surface area contributed by atoms with Crippen molar-refractivity contribution in [1.82, 2.24) is 5.43 Å². The molecule has 0 atom stereocenters. The number of hydrogen-bond donors (Lipinski definition) is 1. The fourth-order valence-electron chi connectivity index (χ4n) is 2.26. The third kappa shape index (κ3) is 5.96. The van der Waals surface area contributed by atoms with E-state index in [1.165, 1.54) is 25.5 Å². The van der Waals surface area contributed by atoms with Crippen LogP contribution in [-0.2, 0) is 11.2 Å². The molecule has 8 nitrogen and oxygen atoms in total. The molecular weight excluding hydrogens is 350 g/mol. The van der Waals surface area contributed by atoms with Crippen molar-refractivity contribution < 1.29 is 19.2 Å². The van der Waals surface area contributed by atoms with Crippen LogP contribution in [-0.4, -0.2) is 31.3 Å². The van der Waals surface area contributed by atoms with Gasteiger partial charge in [-0.2, -0.15) is 5.10 Å². The van der Waals surface area contributed by atoms with Gasteiger partial charge in [0, 0.05) is 18.3 Å². The Morgan fingerprint density at radius 1 is 1.19 bits per heavy atom. The molecule has 0 aromatic heterocycles. The van der Waals surface area contributed by atoms with Gasteiger partial charge < -0.3 is 9.47 Å². The molecule has 0 unspecified atom stereocenters. The number of hydrogen-bond acceptors (Lipinski definition) is 6. The van der Waals surface area contributed by atoms with Crippen LogP contribution in [0.1, 0.15) is 11.1 Å². The number of rotatable bonds is 8. The number of benzene rings is 2. The average Bonchev–Trinajstić information content (AvgIpc) is 2.67. The van der Waals surface area contributed by atoms with Crippen LogP contribution in [0.3, 0.4) is 0 Å². The first kappa shape index (κ1) is 19.6. The quantitative estimate of drug-likeness (QED) is 0.438. The number of allylic oxidation sites excluding steroid dienone is 1. The maximum absolute atomic E-state index is 11.9. The van der Waals surface area contributed by atoms with E-state index in [9.17, 15) is 14.9 Å². The highest BCUT2D eigenvalue weighted by molar-refractivity contribution is 5.82. The predicted molar refractivity (Wildman–Crippen MR) is 102 cm³/mol. The molecule has 27 heavy (non-hydrogen) atoms. The standard InChI is InChI=1S/C19H19N3O5/c1-26-17-9-8-15(12-18(17)27-2)13-19(23)21-20-10-4-6-14-5-3-7-16(11-14)22(24)25/h3-12H,13H2,1-2H3,(H,21,23)/b6-4+,20-10?. The van der Waals surface area contributed by atoms with Crippen LogP contribution in [0.15, 0.2) is 53.6 Å². The monoisotopic (exact) mass is 369 g/mol. The molecule has 2 aromatic carbocycles. The highest BCUT2D eigenvalue weighted by atomic mass is 16.6. The largest absolute Gasteiger partial charge is 0.493 e. The second kappa shape index (κ2) is 9.71. The van der Waals surface area contributed by atoms with Crippen LogP contribution in [0.2, 0.25) is 0 Å². The predicted octanol–water partition coefficient (Wildman–Crippen LogP) is 2.97. The Labute approximate surface area is 156 Å². The van der Waals surface area contributed by atoms with Crippen molar-refractivity contribution in [1.29, 1.82) is 0 Å². The molecule has 0 bridgehead atoms. The van der Waals surface area contributed by atoms with Gasteiger partial charge in [0.15, 0.2) is 11.5 Å². The van der Waals surface area contributed by atoms with Crippen LogP contribution in [0, 0.1) is 10.1 Å². The number of non-ortho nitro benzene ring substituents is 1. The smallest absolute Gasteiger partial charge is 0.270 e. The number of amides is 1. The molecule has 2 aromatic rings. The summed E-state index contributed by atoms with van der Waals surface area (Å²) in [5.74, 6) is 0.847. The van der Waals surface area contributed by atoms with Crippen molar-refractivity contribution in [2.75, 3.05) is 14.2 Å². The molecule has 2 rings (SSSR count). The number of nitro benzene ring substituents is 1. The fraction of sp³-hybridized carbons (Fsp3) is 0.158. The zero-order chi connectivity index (χ0) is 19.6. The van der Waals surface area contributed by atoms with E-state index in [0.717, 1.165) is 5.56 Å². The molecule has 1 amide bonds. The molecule has 0 aliphatic carbocycles. The van der Waals surface area contributed by atoms with Gasteiger partial charge in [0.2, 0.25) is 5.91 Å². The lowest BCUT2D eigenvalue weighted by molar-refractivity contribution is -0.384. The first-order valence-corrected chi connectivity index (χ1v) is 7.97. The van der Waals surface area contributed by atoms with Gasteiger partial charge in [0.25, 0.3) is 5.69 Å². The Bertz CT molecular complexity index is 877. The maximum atomic E-state index is 11.9. The Balaban J connectivity index is 1.88. The summed E-state index contributed by atoms with van der Waals surface area (Å²) in [7, 11) is 3.07. The SMILES string of the molecule is COc1ccc(CC(=O)NN=C/C=C/c2cccc([N+](=O)[O-])c2)cc1OC. The molecule has 0 heterocycles. The summed E-state index contributed by atoms with van der Waals surface area (Å²) in [5, 5.41) is 14.5. The van der Waals surface area contributed by atoms with E-state index in [4.69, 9.17) is 9.47 Å². The number of carbonyl (C=O) groups excluding carboxylic acids is 1. The van der Waals surface area contributed by atoms with E-state index >= 15 is 0 Å². The number of ether oxygens (including phenoxy) is 2. The minimum Gasteiger partial charge on any atom is -0.493 e. The number of nitrogens with zero attached hydrogens (tertiary/aromatic N) is 2. The second-order valence-electron chi connectivity index (χ2n) is 5.39. The average molecular weight is 369 g/mol. The van der Waals surface area contributed by atoms with Gasteiger partial charge in [-0.1, -0.05) is 24.3 Å². The van der Waals surface area contributed by atoms with Gasteiger partial charge in [0.05, 0.1) is 25.6 Å². The lowest BCUT2D eigenvalue weighted by atomic mass is 10.1. The molecular formula is C19H19N3O5. The number of methoxy groups -OCH3 is 2. The minimum absolute atomic E-state index is 0.0114.